The highest BCUT2D eigenvalue weighted by molar-refractivity contribution is 5.99. The van der Waals surface area contributed by atoms with Crippen LogP contribution in [-0.4, -0.2) is 70.4 Å². The average Bonchev–Trinajstić information content (AvgIpc) is 2.43. The molecule has 8 heteroatoms. The van der Waals surface area contributed by atoms with E-state index < -0.39 is 23.3 Å². The maximum Gasteiger partial charge on any atom is 0.434 e. The van der Waals surface area contributed by atoms with Crippen molar-refractivity contribution in [3.8, 4) is 0 Å². The number of aliphatic imine (C=N–C) groups is 1. The quantitative estimate of drug-likeness (QED) is 0.422. The number of rotatable bonds is 6. The molecule has 0 atom stereocenters. The zero-order valence-electron chi connectivity index (χ0n) is 17.5. The van der Waals surface area contributed by atoms with Crippen molar-refractivity contribution in [1.29, 1.82) is 0 Å². The fourth-order valence-electron chi connectivity index (χ4n) is 2.29. The van der Waals surface area contributed by atoms with Crippen LogP contribution in [0.5, 0.6) is 0 Å². The smallest absolute Gasteiger partial charge is 0.434 e. The van der Waals surface area contributed by atoms with E-state index in [2.05, 4.69) is 29.1 Å². The number of amides is 2. The Labute approximate surface area is 157 Å². The van der Waals surface area contributed by atoms with Crippen molar-refractivity contribution in [3.63, 3.8) is 0 Å². The molecule has 0 aromatic heterocycles. The minimum absolute atomic E-state index is 0.0150. The first-order valence-corrected chi connectivity index (χ1v) is 9.12. The summed E-state index contributed by atoms with van der Waals surface area (Å²) in [5.74, 6) is -0.0150. The van der Waals surface area contributed by atoms with Crippen LogP contribution < -0.4 is 5.32 Å². The van der Waals surface area contributed by atoms with E-state index in [1.165, 1.54) is 4.90 Å². The van der Waals surface area contributed by atoms with Crippen molar-refractivity contribution in [3.05, 3.63) is 0 Å². The van der Waals surface area contributed by atoms with Crippen molar-refractivity contribution in [2.75, 3.05) is 26.2 Å². The van der Waals surface area contributed by atoms with Gasteiger partial charge in [-0.3, -0.25) is 0 Å². The van der Waals surface area contributed by atoms with Gasteiger partial charge >= 0.3 is 12.2 Å². The second-order valence-corrected chi connectivity index (χ2v) is 8.01. The van der Waals surface area contributed by atoms with Crippen LogP contribution in [0, 0.1) is 0 Å². The molecule has 2 N–H and O–H groups in total. The third-order valence-corrected chi connectivity index (χ3v) is 3.49. The van der Waals surface area contributed by atoms with E-state index in [0.29, 0.717) is 6.54 Å². The standard InChI is InChI=1S/C18H36N4O4/c1-9-21(10-2)13-11-12-19-14(20-15(23)24)22(17(3,4)5)16(25)26-18(6,7)8/h9-13H2,1-8H3,(H,19,20)(H,23,24). The SMILES string of the molecule is CCN(CC)CCCNC(=NC(=O)O)N(C(=O)OC(C)(C)C)C(C)(C)C. The molecule has 2 amide bonds. The molecule has 0 rings (SSSR count). The molecule has 0 radical (unpaired) electrons. The van der Waals surface area contributed by atoms with Crippen LogP contribution in [0.3, 0.4) is 0 Å². The average molecular weight is 373 g/mol. The Bertz CT molecular complexity index is 488. The Balaban J connectivity index is 5.30. The normalized spacial score (nSPS) is 12.9. The lowest BCUT2D eigenvalue weighted by atomic mass is 10.1. The molecule has 0 aliphatic rings. The van der Waals surface area contributed by atoms with Crippen LogP contribution in [0.15, 0.2) is 4.99 Å². The highest BCUT2D eigenvalue weighted by atomic mass is 16.6. The molecular weight excluding hydrogens is 336 g/mol. The van der Waals surface area contributed by atoms with Gasteiger partial charge in [0.25, 0.3) is 0 Å². The number of nitrogens with zero attached hydrogens (tertiary/aromatic N) is 3. The summed E-state index contributed by atoms with van der Waals surface area (Å²) in [5, 5.41) is 12.1. The van der Waals surface area contributed by atoms with Gasteiger partial charge in [-0.15, -0.1) is 4.99 Å². The summed E-state index contributed by atoms with van der Waals surface area (Å²) in [7, 11) is 0. The van der Waals surface area contributed by atoms with Crippen LogP contribution >= 0.6 is 0 Å². The first kappa shape index (κ1) is 24.2. The van der Waals surface area contributed by atoms with Gasteiger partial charge in [0, 0.05) is 12.1 Å². The van der Waals surface area contributed by atoms with Crippen molar-refractivity contribution in [2.24, 2.45) is 4.99 Å². The van der Waals surface area contributed by atoms with Gasteiger partial charge in [0.1, 0.15) is 5.60 Å². The maximum absolute atomic E-state index is 12.6. The summed E-state index contributed by atoms with van der Waals surface area (Å²) in [4.78, 5) is 30.9. The molecule has 26 heavy (non-hydrogen) atoms. The Morgan fingerprint density at radius 2 is 1.62 bits per heavy atom. The summed E-state index contributed by atoms with van der Waals surface area (Å²) in [6, 6.07) is 0. The first-order chi connectivity index (χ1) is 11.8. The zero-order valence-corrected chi connectivity index (χ0v) is 17.5. The molecule has 8 nitrogen and oxygen atoms in total. The van der Waals surface area contributed by atoms with Crippen LogP contribution in [0.2, 0.25) is 0 Å². The van der Waals surface area contributed by atoms with E-state index >= 15 is 0 Å². The van der Waals surface area contributed by atoms with Gasteiger partial charge in [-0.1, -0.05) is 13.8 Å². The zero-order chi connectivity index (χ0) is 20.5. The fraction of sp³-hybridized carbons (Fsp3) is 0.833. The summed E-state index contributed by atoms with van der Waals surface area (Å²) >= 11 is 0. The highest BCUT2D eigenvalue weighted by Gasteiger charge is 2.35. The Morgan fingerprint density at radius 1 is 1.08 bits per heavy atom. The van der Waals surface area contributed by atoms with E-state index in [1.807, 2.05) is 0 Å². The lowest BCUT2D eigenvalue weighted by Gasteiger charge is -2.37. The van der Waals surface area contributed by atoms with Crippen molar-refractivity contribution >= 4 is 18.1 Å². The van der Waals surface area contributed by atoms with E-state index in [4.69, 9.17) is 9.84 Å². The van der Waals surface area contributed by atoms with E-state index in [9.17, 15) is 9.59 Å². The van der Waals surface area contributed by atoms with Crippen LogP contribution in [0.25, 0.3) is 0 Å². The van der Waals surface area contributed by atoms with E-state index in [0.717, 1.165) is 26.1 Å². The molecule has 0 aliphatic heterocycles. The van der Waals surface area contributed by atoms with Crippen molar-refractivity contribution in [1.82, 2.24) is 15.1 Å². The van der Waals surface area contributed by atoms with Gasteiger partial charge in [0.2, 0.25) is 5.96 Å². The third-order valence-electron chi connectivity index (χ3n) is 3.49. The number of carbonyl (C=O) groups is 2. The summed E-state index contributed by atoms with van der Waals surface area (Å²) in [6.07, 6.45) is -1.21. The van der Waals surface area contributed by atoms with E-state index in [1.54, 1.807) is 41.5 Å². The second kappa shape index (κ2) is 10.4. The minimum atomic E-state index is -1.37. The Kier molecular flexibility index (Phi) is 9.62. The van der Waals surface area contributed by atoms with Crippen LogP contribution in [-0.2, 0) is 4.74 Å². The Morgan fingerprint density at radius 3 is 2.00 bits per heavy atom. The molecule has 0 aliphatic carbocycles. The van der Waals surface area contributed by atoms with Crippen LogP contribution in [0.4, 0.5) is 9.59 Å². The van der Waals surface area contributed by atoms with E-state index in [-0.39, 0.29) is 5.96 Å². The molecule has 0 fully saturated rings. The maximum atomic E-state index is 12.6. The van der Waals surface area contributed by atoms with Crippen molar-refractivity contribution < 1.29 is 19.4 Å². The van der Waals surface area contributed by atoms with Gasteiger partial charge in [-0.05, 0) is 67.6 Å². The topological polar surface area (TPSA) is 94.5 Å². The predicted octanol–water partition coefficient (Wildman–Crippen LogP) is 3.38. The van der Waals surface area contributed by atoms with Gasteiger partial charge in [-0.2, -0.15) is 0 Å². The van der Waals surface area contributed by atoms with Gasteiger partial charge < -0.3 is 20.1 Å². The molecule has 0 aromatic rings. The van der Waals surface area contributed by atoms with Gasteiger partial charge in [-0.25, -0.2) is 14.5 Å². The highest BCUT2D eigenvalue weighted by Crippen LogP contribution is 2.19. The Hall–Kier alpha value is -1.83. The summed E-state index contributed by atoms with van der Waals surface area (Å²) < 4.78 is 5.43. The lowest BCUT2D eigenvalue weighted by Crippen LogP contribution is -2.56. The number of hydrogen-bond acceptors (Lipinski definition) is 4. The number of ether oxygens (including phenoxy) is 1. The number of guanidine groups is 1. The monoisotopic (exact) mass is 372 g/mol. The molecular formula is C18H36N4O4. The number of carbonyl (C=O) groups excluding carboxylic acids is 1. The van der Waals surface area contributed by atoms with Crippen molar-refractivity contribution in [2.45, 2.75) is 73.0 Å². The number of hydrogen-bond donors (Lipinski definition) is 2. The van der Waals surface area contributed by atoms with Crippen LogP contribution in [0.1, 0.15) is 61.8 Å². The third kappa shape index (κ3) is 9.60. The van der Waals surface area contributed by atoms with Gasteiger partial charge in [0.05, 0.1) is 0 Å². The lowest BCUT2D eigenvalue weighted by molar-refractivity contribution is 0.0241. The molecule has 0 saturated carbocycles. The molecule has 0 bridgehead atoms. The number of carboxylic acid groups (broad SMARTS) is 1. The second-order valence-electron chi connectivity index (χ2n) is 8.01. The summed E-state index contributed by atoms with van der Waals surface area (Å²) in [6.45, 7) is 18.2. The van der Waals surface area contributed by atoms with Gasteiger partial charge in [0.15, 0.2) is 0 Å². The fourth-order valence-corrected chi connectivity index (χ4v) is 2.29. The molecule has 0 saturated heterocycles. The largest absolute Gasteiger partial charge is 0.463 e. The molecule has 152 valence electrons. The summed E-state index contributed by atoms with van der Waals surface area (Å²) in [5.41, 5.74) is -1.40. The molecule has 0 unspecified atom stereocenters. The predicted molar refractivity (Wildman–Crippen MR) is 104 cm³/mol. The first-order valence-electron chi connectivity index (χ1n) is 9.12. The minimum Gasteiger partial charge on any atom is -0.463 e. The molecule has 0 aromatic carbocycles. The molecule has 0 heterocycles. The molecule has 0 spiro atoms. The number of nitrogens with one attached hydrogen (secondary N) is 1.